The first-order chi connectivity index (χ1) is 9.51. The lowest BCUT2D eigenvalue weighted by molar-refractivity contribution is 0.371. The highest BCUT2D eigenvalue weighted by Crippen LogP contribution is 2.35. The molecule has 0 aromatic heterocycles. The van der Waals surface area contributed by atoms with Crippen LogP contribution in [-0.2, 0) is 6.54 Å². The van der Waals surface area contributed by atoms with E-state index in [4.69, 9.17) is 4.74 Å². The number of ether oxygens (including phenoxy) is 1. The Morgan fingerprint density at radius 3 is 2.65 bits per heavy atom. The molecule has 0 bridgehead atoms. The van der Waals surface area contributed by atoms with Crippen LogP contribution in [0.25, 0.3) is 0 Å². The minimum atomic E-state index is -0.305. The van der Waals surface area contributed by atoms with Crippen LogP contribution in [0.15, 0.2) is 39.3 Å². The Morgan fingerprint density at radius 2 is 1.95 bits per heavy atom. The Bertz CT molecular complexity index is 635. The normalized spacial score (nSPS) is 10.4. The van der Waals surface area contributed by atoms with Gasteiger partial charge in [0.25, 0.3) is 0 Å². The standard InChI is InChI=1S/C14H12Br2FNO2/c1-20-13-5-8(4-11(16)14(13)19)7-18-12-6-9(17)2-3-10(12)15/h2-6,18-19H,7H2,1H3. The molecule has 0 aliphatic rings. The van der Waals surface area contributed by atoms with Crippen molar-refractivity contribution in [2.45, 2.75) is 6.54 Å². The molecule has 0 unspecified atom stereocenters. The van der Waals surface area contributed by atoms with E-state index < -0.39 is 0 Å². The second-order valence-electron chi connectivity index (χ2n) is 4.11. The van der Waals surface area contributed by atoms with Gasteiger partial charge in [0.05, 0.1) is 17.3 Å². The quantitative estimate of drug-likeness (QED) is 0.777. The minimum Gasteiger partial charge on any atom is -0.503 e. The van der Waals surface area contributed by atoms with E-state index >= 15 is 0 Å². The van der Waals surface area contributed by atoms with Gasteiger partial charge in [0, 0.05) is 11.0 Å². The van der Waals surface area contributed by atoms with E-state index in [0.29, 0.717) is 22.5 Å². The number of aromatic hydroxyl groups is 1. The number of methoxy groups -OCH3 is 1. The molecule has 0 aliphatic carbocycles. The van der Waals surface area contributed by atoms with Gasteiger partial charge < -0.3 is 15.2 Å². The summed E-state index contributed by atoms with van der Waals surface area (Å²) in [6.07, 6.45) is 0. The summed E-state index contributed by atoms with van der Waals surface area (Å²) in [5.74, 6) is 0.137. The number of nitrogens with one attached hydrogen (secondary N) is 1. The average Bonchev–Trinajstić information content (AvgIpc) is 2.43. The number of halogens is 3. The summed E-state index contributed by atoms with van der Waals surface area (Å²) >= 11 is 6.62. The maximum absolute atomic E-state index is 13.2. The third kappa shape index (κ3) is 3.43. The van der Waals surface area contributed by atoms with Gasteiger partial charge in [-0.25, -0.2) is 4.39 Å². The van der Waals surface area contributed by atoms with E-state index in [1.54, 1.807) is 18.2 Å². The fourth-order valence-corrected chi connectivity index (χ4v) is 2.59. The summed E-state index contributed by atoms with van der Waals surface area (Å²) in [6, 6.07) is 7.94. The van der Waals surface area contributed by atoms with Crippen LogP contribution >= 0.6 is 31.9 Å². The van der Waals surface area contributed by atoms with E-state index in [-0.39, 0.29) is 11.6 Å². The number of phenolic OH excluding ortho intramolecular Hbond substituents is 1. The van der Waals surface area contributed by atoms with Gasteiger partial charge in [-0.05, 0) is 67.8 Å². The number of hydrogen-bond acceptors (Lipinski definition) is 3. The average molecular weight is 405 g/mol. The molecule has 0 aliphatic heterocycles. The lowest BCUT2D eigenvalue weighted by Gasteiger charge is -2.11. The van der Waals surface area contributed by atoms with Crippen LogP contribution in [0.5, 0.6) is 11.5 Å². The van der Waals surface area contributed by atoms with Crippen LogP contribution in [0.3, 0.4) is 0 Å². The Kier molecular flexibility index (Phi) is 4.88. The molecular formula is C14H12Br2FNO2. The van der Waals surface area contributed by atoms with E-state index in [9.17, 15) is 9.50 Å². The molecule has 2 N–H and O–H groups in total. The van der Waals surface area contributed by atoms with Crippen molar-refractivity contribution < 1.29 is 14.2 Å². The fraction of sp³-hybridized carbons (Fsp3) is 0.143. The molecule has 0 radical (unpaired) electrons. The van der Waals surface area contributed by atoms with Crippen molar-refractivity contribution in [3.05, 3.63) is 50.7 Å². The van der Waals surface area contributed by atoms with E-state index in [0.717, 1.165) is 10.0 Å². The maximum Gasteiger partial charge on any atom is 0.172 e. The largest absolute Gasteiger partial charge is 0.503 e. The Hall–Kier alpha value is -1.27. The summed E-state index contributed by atoms with van der Waals surface area (Å²) in [7, 11) is 1.49. The second-order valence-corrected chi connectivity index (χ2v) is 5.81. The predicted octanol–water partition coefficient (Wildman–Crippen LogP) is 4.68. The van der Waals surface area contributed by atoms with E-state index in [2.05, 4.69) is 37.2 Å². The minimum absolute atomic E-state index is 0.0585. The molecule has 0 spiro atoms. The molecule has 3 nitrogen and oxygen atoms in total. The van der Waals surface area contributed by atoms with Gasteiger partial charge >= 0.3 is 0 Å². The summed E-state index contributed by atoms with van der Waals surface area (Å²) in [5, 5.41) is 12.9. The van der Waals surface area contributed by atoms with E-state index in [1.165, 1.54) is 19.2 Å². The highest BCUT2D eigenvalue weighted by atomic mass is 79.9. The highest BCUT2D eigenvalue weighted by molar-refractivity contribution is 9.11. The van der Waals surface area contributed by atoms with Gasteiger partial charge in [-0.2, -0.15) is 0 Å². The van der Waals surface area contributed by atoms with Crippen LogP contribution < -0.4 is 10.1 Å². The molecule has 0 atom stereocenters. The Balaban J connectivity index is 2.19. The van der Waals surface area contributed by atoms with Crippen molar-refractivity contribution in [2.24, 2.45) is 0 Å². The molecule has 0 heterocycles. The number of anilines is 1. The van der Waals surface area contributed by atoms with Gasteiger partial charge in [-0.15, -0.1) is 0 Å². The molecule has 2 aromatic rings. The summed E-state index contributed by atoms with van der Waals surface area (Å²) in [4.78, 5) is 0. The van der Waals surface area contributed by atoms with Gasteiger partial charge in [-0.3, -0.25) is 0 Å². The van der Waals surface area contributed by atoms with Crippen molar-refractivity contribution in [1.82, 2.24) is 0 Å². The topological polar surface area (TPSA) is 41.5 Å². The number of hydrogen-bond donors (Lipinski definition) is 2. The Labute approximate surface area is 133 Å². The monoisotopic (exact) mass is 403 g/mol. The Morgan fingerprint density at radius 1 is 1.20 bits per heavy atom. The summed E-state index contributed by atoms with van der Waals surface area (Å²) < 4.78 is 19.6. The molecule has 0 saturated carbocycles. The third-order valence-corrected chi connectivity index (χ3v) is 4.02. The molecule has 2 rings (SSSR count). The van der Waals surface area contributed by atoms with Crippen LogP contribution in [0.4, 0.5) is 10.1 Å². The smallest absolute Gasteiger partial charge is 0.172 e. The molecule has 106 valence electrons. The SMILES string of the molecule is COc1cc(CNc2cc(F)ccc2Br)cc(Br)c1O. The molecule has 2 aromatic carbocycles. The molecular weight excluding hydrogens is 393 g/mol. The highest BCUT2D eigenvalue weighted by Gasteiger charge is 2.09. The third-order valence-electron chi connectivity index (χ3n) is 2.72. The van der Waals surface area contributed by atoms with Gasteiger partial charge in [0.2, 0.25) is 0 Å². The van der Waals surface area contributed by atoms with Crippen molar-refractivity contribution in [2.75, 3.05) is 12.4 Å². The predicted molar refractivity (Wildman–Crippen MR) is 83.8 cm³/mol. The molecule has 0 saturated heterocycles. The lowest BCUT2D eigenvalue weighted by Crippen LogP contribution is -2.01. The van der Waals surface area contributed by atoms with Gasteiger partial charge in [-0.1, -0.05) is 0 Å². The number of benzene rings is 2. The first-order valence-electron chi connectivity index (χ1n) is 5.75. The molecule has 6 heteroatoms. The van der Waals surface area contributed by atoms with Gasteiger partial charge in [0.15, 0.2) is 11.5 Å². The van der Waals surface area contributed by atoms with Crippen LogP contribution in [-0.4, -0.2) is 12.2 Å². The van der Waals surface area contributed by atoms with Crippen molar-refractivity contribution in [3.63, 3.8) is 0 Å². The molecule has 0 fully saturated rings. The van der Waals surface area contributed by atoms with Crippen LogP contribution in [0.1, 0.15) is 5.56 Å². The zero-order chi connectivity index (χ0) is 14.7. The van der Waals surface area contributed by atoms with Crippen LogP contribution in [0, 0.1) is 5.82 Å². The second kappa shape index (κ2) is 6.45. The maximum atomic E-state index is 13.2. The van der Waals surface area contributed by atoms with Crippen LogP contribution in [0.2, 0.25) is 0 Å². The van der Waals surface area contributed by atoms with Crippen molar-refractivity contribution >= 4 is 37.5 Å². The number of rotatable bonds is 4. The van der Waals surface area contributed by atoms with Gasteiger partial charge in [0.1, 0.15) is 5.82 Å². The molecule has 20 heavy (non-hydrogen) atoms. The number of phenols is 1. The fourth-order valence-electron chi connectivity index (χ4n) is 1.72. The first kappa shape index (κ1) is 15.1. The van der Waals surface area contributed by atoms with Crippen molar-refractivity contribution in [3.8, 4) is 11.5 Å². The summed E-state index contributed by atoms with van der Waals surface area (Å²) in [6.45, 7) is 0.470. The van der Waals surface area contributed by atoms with E-state index in [1.807, 2.05) is 0 Å². The molecule has 0 amide bonds. The zero-order valence-electron chi connectivity index (χ0n) is 10.6. The zero-order valence-corrected chi connectivity index (χ0v) is 13.8. The first-order valence-corrected chi connectivity index (χ1v) is 7.34. The lowest BCUT2D eigenvalue weighted by atomic mass is 10.2. The summed E-state index contributed by atoms with van der Waals surface area (Å²) in [5.41, 5.74) is 1.55. The van der Waals surface area contributed by atoms with Crippen molar-refractivity contribution in [1.29, 1.82) is 0 Å².